The van der Waals surface area contributed by atoms with E-state index < -0.39 is 17.6 Å². The van der Waals surface area contributed by atoms with E-state index in [0.717, 1.165) is 22.3 Å². The number of nitrogens with one attached hydrogen (secondary N) is 1. The smallest absolute Gasteiger partial charge is 0.408 e. The van der Waals surface area contributed by atoms with Gasteiger partial charge in [-0.3, -0.25) is 0 Å². The Kier molecular flexibility index (Phi) is 5.75. The Morgan fingerprint density at radius 2 is 1.67 bits per heavy atom. The first kappa shape index (κ1) is 19.3. The number of thioether (sulfide) groups is 1. The van der Waals surface area contributed by atoms with E-state index in [9.17, 15) is 14.7 Å². The molecule has 0 unspecified atom stereocenters. The molecular weight excluding hydrogens is 362 g/mol. The van der Waals surface area contributed by atoms with Crippen molar-refractivity contribution in [3.8, 4) is 11.1 Å². The molecule has 1 atom stereocenters. The Morgan fingerprint density at radius 3 is 2.19 bits per heavy atom. The monoisotopic (exact) mass is 385 g/mol. The van der Waals surface area contributed by atoms with Crippen LogP contribution in [0.4, 0.5) is 4.79 Å². The lowest BCUT2D eigenvalue weighted by Gasteiger charge is -2.26. The van der Waals surface area contributed by atoms with Gasteiger partial charge in [-0.1, -0.05) is 48.5 Å². The maximum absolute atomic E-state index is 12.3. The average molecular weight is 385 g/mol. The SMILES string of the molecule is CSCC[C@](C)(NC(=O)OCC1c2ccccc2-c2ccccc21)C(=O)O. The molecule has 0 saturated heterocycles. The number of hydrogen-bond acceptors (Lipinski definition) is 4. The fourth-order valence-corrected chi connectivity index (χ4v) is 4.00. The number of carbonyl (C=O) groups excluding carboxylic acids is 1. The van der Waals surface area contributed by atoms with Gasteiger partial charge in [0.05, 0.1) is 0 Å². The molecule has 1 amide bonds. The predicted octanol–water partition coefficient (Wildman–Crippen LogP) is 4.12. The van der Waals surface area contributed by atoms with Gasteiger partial charge < -0.3 is 15.2 Å². The average Bonchev–Trinajstić information content (AvgIpc) is 2.98. The number of ether oxygens (including phenoxy) is 1. The molecule has 0 fully saturated rings. The third-order valence-electron chi connectivity index (χ3n) is 5.00. The van der Waals surface area contributed by atoms with Crippen LogP contribution in [0.5, 0.6) is 0 Å². The number of aliphatic carboxylic acids is 1. The molecule has 27 heavy (non-hydrogen) atoms. The fraction of sp³-hybridized carbons (Fsp3) is 0.333. The largest absolute Gasteiger partial charge is 0.480 e. The fourth-order valence-electron chi connectivity index (χ4n) is 3.39. The van der Waals surface area contributed by atoms with Gasteiger partial charge in [0.1, 0.15) is 12.1 Å². The van der Waals surface area contributed by atoms with E-state index in [0.29, 0.717) is 12.2 Å². The Bertz CT molecular complexity index is 808. The predicted molar refractivity (Wildman–Crippen MR) is 107 cm³/mol. The van der Waals surface area contributed by atoms with Crippen molar-refractivity contribution >= 4 is 23.8 Å². The van der Waals surface area contributed by atoms with E-state index in [1.165, 1.54) is 18.7 Å². The molecule has 6 heteroatoms. The number of carboxylic acid groups (broad SMARTS) is 1. The van der Waals surface area contributed by atoms with Crippen LogP contribution < -0.4 is 5.32 Å². The van der Waals surface area contributed by atoms with Crippen molar-refractivity contribution in [3.63, 3.8) is 0 Å². The van der Waals surface area contributed by atoms with Crippen LogP contribution in [0.2, 0.25) is 0 Å². The highest BCUT2D eigenvalue weighted by atomic mass is 32.2. The number of hydrogen-bond donors (Lipinski definition) is 2. The van der Waals surface area contributed by atoms with Gasteiger partial charge in [-0.15, -0.1) is 0 Å². The molecule has 2 aromatic carbocycles. The number of carbonyl (C=O) groups is 2. The van der Waals surface area contributed by atoms with Crippen LogP contribution in [0.3, 0.4) is 0 Å². The Morgan fingerprint density at radius 1 is 1.11 bits per heavy atom. The van der Waals surface area contributed by atoms with Gasteiger partial charge in [-0.05, 0) is 47.6 Å². The summed E-state index contributed by atoms with van der Waals surface area (Å²) in [6, 6.07) is 16.2. The first-order chi connectivity index (χ1) is 13.0. The number of alkyl carbamates (subject to hydrolysis) is 1. The second-order valence-electron chi connectivity index (χ2n) is 6.83. The van der Waals surface area contributed by atoms with Gasteiger partial charge in [0, 0.05) is 5.92 Å². The Labute approximate surface area is 163 Å². The van der Waals surface area contributed by atoms with E-state index in [1.807, 2.05) is 42.7 Å². The highest BCUT2D eigenvalue weighted by Gasteiger charge is 2.35. The molecule has 3 rings (SSSR count). The van der Waals surface area contributed by atoms with Crippen molar-refractivity contribution < 1.29 is 19.4 Å². The van der Waals surface area contributed by atoms with Crippen LogP contribution >= 0.6 is 11.8 Å². The van der Waals surface area contributed by atoms with Crippen LogP contribution in [0.1, 0.15) is 30.4 Å². The molecule has 0 heterocycles. The Balaban J connectivity index is 1.71. The molecule has 0 spiro atoms. The van der Waals surface area contributed by atoms with Crippen LogP contribution in [-0.2, 0) is 9.53 Å². The molecule has 0 aromatic heterocycles. The number of amides is 1. The first-order valence-electron chi connectivity index (χ1n) is 8.82. The van der Waals surface area contributed by atoms with E-state index >= 15 is 0 Å². The molecule has 1 aliphatic rings. The van der Waals surface area contributed by atoms with Crippen molar-refractivity contribution in [2.45, 2.75) is 24.8 Å². The van der Waals surface area contributed by atoms with E-state index in [1.54, 1.807) is 0 Å². The highest BCUT2D eigenvalue weighted by Crippen LogP contribution is 2.44. The summed E-state index contributed by atoms with van der Waals surface area (Å²) in [6.45, 7) is 1.67. The summed E-state index contributed by atoms with van der Waals surface area (Å²) in [5.74, 6) is -0.484. The summed E-state index contributed by atoms with van der Waals surface area (Å²) >= 11 is 1.54. The van der Waals surface area contributed by atoms with Crippen molar-refractivity contribution in [1.29, 1.82) is 0 Å². The first-order valence-corrected chi connectivity index (χ1v) is 10.2. The molecular formula is C21H23NO4S. The zero-order chi connectivity index (χ0) is 19.4. The lowest BCUT2D eigenvalue weighted by molar-refractivity contribution is -0.144. The van der Waals surface area contributed by atoms with Gasteiger partial charge in [-0.25, -0.2) is 9.59 Å². The minimum atomic E-state index is -1.34. The quantitative estimate of drug-likeness (QED) is 0.750. The molecule has 2 aromatic rings. The lowest BCUT2D eigenvalue weighted by atomic mass is 9.98. The van der Waals surface area contributed by atoms with Gasteiger partial charge in [-0.2, -0.15) is 11.8 Å². The molecule has 0 saturated carbocycles. The molecule has 2 N–H and O–H groups in total. The lowest BCUT2D eigenvalue weighted by Crippen LogP contribution is -2.52. The van der Waals surface area contributed by atoms with E-state index in [4.69, 9.17) is 4.74 Å². The summed E-state index contributed by atoms with van der Waals surface area (Å²) < 4.78 is 5.45. The van der Waals surface area contributed by atoms with Crippen molar-refractivity contribution in [2.75, 3.05) is 18.6 Å². The molecule has 0 aliphatic heterocycles. The summed E-state index contributed by atoms with van der Waals surface area (Å²) in [5, 5.41) is 12.0. The standard InChI is InChI=1S/C21H23NO4S/c1-21(19(23)24,11-12-27-2)22-20(25)26-13-18-16-9-5-3-7-14(16)15-8-4-6-10-17(15)18/h3-10,18H,11-13H2,1-2H3,(H,22,25)(H,23,24)/t21-/m0/s1. The van der Waals surface area contributed by atoms with Gasteiger partial charge in [0.2, 0.25) is 0 Å². The summed E-state index contributed by atoms with van der Waals surface area (Å²) in [6.07, 6.45) is 1.52. The second-order valence-corrected chi connectivity index (χ2v) is 7.82. The minimum Gasteiger partial charge on any atom is -0.480 e. The van der Waals surface area contributed by atoms with Gasteiger partial charge in [0.15, 0.2) is 0 Å². The minimum absolute atomic E-state index is 0.0505. The van der Waals surface area contributed by atoms with Crippen molar-refractivity contribution in [1.82, 2.24) is 5.32 Å². The highest BCUT2D eigenvalue weighted by molar-refractivity contribution is 7.98. The van der Waals surface area contributed by atoms with Crippen LogP contribution in [0, 0.1) is 0 Å². The molecule has 142 valence electrons. The Hall–Kier alpha value is -2.47. The third-order valence-corrected chi connectivity index (χ3v) is 5.61. The zero-order valence-corrected chi connectivity index (χ0v) is 16.2. The van der Waals surface area contributed by atoms with Crippen molar-refractivity contribution in [3.05, 3.63) is 59.7 Å². The summed E-state index contributed by atoms with van der Waals surface area (Å²) in [4.78, 5) is 23.9. The number of fused-ring (bicyclic) bond motifs is 3. The van der Waals surface area contributed by atoms with Gasteiger partial charge >= 0.3 is 12.1 Å². The summed E-state index contributed by atoms with van der Waals surface area (Å²) in [5.41, 5.74) is 3.20. The summed E-state index contributed by atoms with van der Waals surface area (Å²) in [7, 11) is 0. The molecule has 1 aliphatic carbocycles. The molecule has 0 radical (unpaired) electrons. The molecule has 0 bridgehead atoms. The number of carboxylic acids is 1. The zero-order valence-electron chi connectivity index (χ0n) is 15.4. The molecule has 5 nitrogen and oxygen atoms in total. The number of rotatable bonds is 7. The van der Waals surface area contributed by atoms with Crippen LogP contribution in [-0.4, -0.2) is 41.3 Å². The van der Waals surface area contributed by atoms with E-state index in [2.05, 4.69) is 17.4 Å². The normalized spacial score (nSPS) is 14.7. The van der Waals surface area contributed by atoms with Crippen molar-refractivity contribution in [2.24, 2.45) is 0 Å². The van der Waals surface area contributed by atoms with Crippen LogP contribution in [0.25, 0.3) is 11.1 Å². The number of benzene rings is 2. The van der Waals surface area contributed by atoms with E-state index in [-0.39, 0.29) is 12.5 Å². The maximum Gasteiger partial charge on any atom is 0.408 e. The van der Waals surface area contributed by atoms with Gasteiger partial charge in [0.25, 0.3) is 0 Å². The topological polar surface area (TPSA) is 75.6 Å². The third kappa shape index (κ3) is 3.95. The maximum atomic E-state index is 12.3. The van der Waals surface area contributed by atoms with Crippen LogP contribution in [0.15, 0.2) is 48.5 Å². The second kappa shape index (κ2) is 8.05.